The van der Waals surface area contributed by atoms with Crippen LogP contribution >= 0.6 is 0 Å². The average molecular weight is 566 g/mol. The number of nitrogens with zero attached hydrogens (tertiary/aromatic N) is 3. The standard InChI is InChI=1S/C33H31N3O6/c1-4-39-31(37)18-16-26-20-36(27-13-9-6-10-14-27)35-33(26)41-21-24-15-17-29(30(19-24)38-3)40-22-28-23(2)42-32(34-28)25-11-7-5-8-12-25/h5-20H,4,21-22H2,1-3H3. The minimum absolute atomic E-state index is 0.214. The summed E-state index contributed by atoms with van der Waals surface area (Å²) in [5, 5.41) is 4.59. The van der Waals surface area contributed by atoms with E-state index in [9.17, 15) is 4.79 Å². The van der Waals surface area contributed by atoms with Crippen LogP contribution in [-0.2, 0) is 22.7 Å². The zero-order chi connectivity index (χ0) is 29.3. The van der Waals surface area contributed by atoms with Crippen LogP contribution in [0.4, 0.5) is 0 Å². The maximum Gasteiger partial charge on any atom is 0.330 e. The lowest BCUT2D eigenvalue weighted by atomic mass is 10.2. The summed E-state index contributed by atoms with van der Waals surface area (Å²) in [5.41, 5.74) is 3.96. The molecule has 0 fully saturated rings. The Morgan fingerprint density at radius 3 is 2.45 bits per heavy atom. The summed E-state index contributed by atoms with van der Waals surface area (Å²) >= 11 is 0. The van der Waals surface area contributed by atoms with Crippen LogP contribution in [0, 0.1) is 6.92 Å². The molecule has 0 amide bonds. The van der Waals surface area contributed by atoms with Crippen LogP contribution in [0.2, 0.25) is 0 Å². The third-order valence-electron chi connectivity index (χ3n) is 6.29. The fourth-order valence-corrected chi connectivity index (χ4v) is 4.14. The van der Waals surface area contributed by atoms with E-state index in [1.165, 1.54) is 6.08 Å². The normalized spacial score (nSPS) is 11.0. The molecular formula is C33H31N3O6. The van der Waals surface area contributed by atoms with E-state index >= 15 is 0 Å². The number of methoxy groups -OCH3 is 1. The number of hydrogen-bond acceptors (Lipinski definition) is 8. The van der Waals surface area contributed by atoms with E-state index in [0.29, 0.717) is 46.9 Å². The van der Waals surface area contributed by atoms with Crippen LogP contribution < -0.4 is 14.2 Å². The summed E-state index contributed by atoms with van der Waals surface area (Å²) in [7, 11) is 1.58. The molecule has 0 aliphatic rings. The van der Waals surface area contributed by atoms with Crippen LogP contribution in [0.5, 0.6) is 17.4 Å². The second-order valence-corrected chi connectivity index (χ2v) is 9.21. The zero-order valence-electron chi connectivity index (χ0n) is 23.7. The molecule has 0 aliphatic heterocycles. The first-order valence-corrected chi connectivity index (χ1v) is 13.5. The van der Waals surface area contributed by atoms with Crippen molar-refractivity contribution >= 4 is 12.0 Å². The fourth-order valence-electron chi connectivity index (χ4n) is 4.14. The summed E-state index contributed by atoms with van der Waals surface area (Å²) in [6, 6.07) is 24.9. The minimum Gasteiger partial charge on any atom is -0.493 e. The van der Waals surface area contributed by atoms with Crippen molar-refractivity contribution < 1.29 is 28.2 Å². The fraction of sp³-hybridized carbons (Fsp3) is 0.182. The molecule has 0 spiro atoms. The van der Waals surface area contributed by atoms with Gasteiger partial charge in [-0.1, -0.05) is 42.5 Å². The highest BCUT2D eigenvalue weighted by Crippen LogP contribution is 2.31. The Labute approximate surface area is 243 Å². The topological polar surface area (TPSA) is 97.8 Å². The van der Waals surface area contributed by atoms with E-state index in [1.807, 2.05) is 85.8 Å². The Kier molecular flexibility index (Phi) is 8.98. The SMILES string of the molecule is CCOC(=O)C=Cc1cn(-c2ccccc2)nc1OCc1ccc(OCc2nc(-c3ccccc3)oc2C)c(OC)c1. The van der Waals surface area contributed by atoms with Crippen LogP contribution in [0.25, 0.3) is 23.2 Å². The summed E-state index contributed by atoms with van der Waals surface area (Å²) in [5.74, 6) is 2.30. The number of benzene rings is 3. The van der Waals surface area contributed by atoms with Crippen LogP contribution in [0.3, 0.4) is 0 Å². The number of carbonyl (C=O) groups excluding carboxylic acids is 1. The largest absolute Gasteiger partial charge is 0.493 e. The lowest BCUT2D eigenvalue weighted by Gasteiger charge is -2.12. The van der Waals surface area contributed by atoms with Gasteiger partial charge in [0.1, 0.15) is 24.7 Å². The second kappa shape index (κ2) is 13.4. The number of ether oxygens (including phenoxy) is 4. The van der Waals surface area contributed by atoms with Gasteiger partial charge < -0.3 is 23.4 Å². The third kappa shape index (κ3) is 6.87. The maximum atomic E-state index is 11.9. The number of para-hydroxylation sites is 1. The highest BCUT2D eigenvalue weighted by molar-refractivity contribution is 5.87. The van der Waals surface area contributed by atoms with Crippen LogP contribution in [0.1, 0.15) is 29.5 Å². The van der Waals surface area contributed by atoms with Crippen molar-refractivity contribution in [3.05, 3.63) is 114 Å². The molecule has 5 rings (SSSR count). The first-order chi connectivity index (χ1) is 20.5. The third-order valence-corrected chi connectivity index (χ3v) is 6.29. The predicted octanol–water partition coefficient (Wildman–Crippen LogP) is 6.58. The summed E-state index contributed by atoms with van der Waals surface area (Å²) < 4.78 is 30.3. The van der Waals surface area contributed by atoms with Crippen molar-refractivity contribution in [2.75, 3.05) is 13.7 Å². The Bertz CT molecular complexity index is 1660. The molecule has 214 valence electrons. The van der Waals surface area contributed by atoms with Crippen molar-refractivity contribution in [3.8, 4) is 34.5 Å². The molecule has 0 atom stereocenters. The predicted molar refractivity (Wildman–Crippen MR) is 158 cm³/mol. The smallest absolute Gasteiger partial charge is 0.330 e. The molecular weight excluding hydrogens is 534 g/mol. The Morgan fingerprint density at radius 1 is 0.952 bits per heavy atom. The molecule has 3 aromatic carbocycles. The molecule has 0 saturated carbocycles. The van der Waals surface area contributed by atoms with E-state index in [2.05, 4.69) is 10.1 Å². The van der Waals surface area contributed by atoms with Crippen molar-refractivity contribution in [2.24, 2.45) is 0 Å². The van der Waals surface area contributed by atoms with Gasteiger partial charge in [0.2, 0.25) is 11.8 Å². The van der Waals surface area contributed by atoms with Gasteiger partial charge in [-0.05, 0) is 61.9 Å². The molecule has 0 saturated heterocycles. The molecule has 42 heavy (non-hydrogen) atoms. The van der Waals surface area contributed by atoms with Gasteiger partial charge in [0.15, 0.2) is 11.5 Å². The molecule has 0 unspecified atom stereocenters. The van der Waals surface area contributed by atoms with E-state index in [4.69, 9.17) is 23.4 Å². The van der Waals surface area contributed by atoms with E-state index < -0.39 is 5.97 Å². The lowest BCUT2D eigenvalue weighted by Crippen LogP contribution is -2.02. The van der Waals surface area contributed by atoms with Gasteiger partial charge in [0.05, 0.1) is 25.0 Å². The molecule has 0 N–H and O–H groups in total. The molecule has 5 aromatic rings. The van der Waals surface area contributed by atoms with Gasteiger partial charge in [-0.25, -0.2) is 14.5 Å². The lowest BCUT2D eigenvalue weighted by molar-refractivity contribution is -0.137. The number of oxazole rings is 1. The Morgan fingerprint density at radius 2 is 1.71 bits per heavy atom. The number of aryl methyl sites for hydroxylation is 1. The highest BCUT2D eigenvalue weighted by atomic mass is 16.5. The molecule has 9 nitrogen and oxygen atoms in total. The summed E-state index contributed by atoms with van der Waals surface area (Å²) in [6.07, 6.45) is 4.79. The Hall–Kier alpha value is -5.31. The quantitative estimate of drug-likeness (QED) is 0.124. The van der Waals surface area contributed by atoms with Crippen molar-refractivity contribution in [1.82, 2.24) is 14.8 Å². The van der Waals surface area contributed by atoms with Gasteiger partial charge in [-0.15, -0.1) is 5.10 Å². The number of aromatic nitrogens is 3. The number of rotatable bonds is 12. The Balaban J connectivity index is 1.29. The molecule has 9 heteroatoms. The summed E-state index contributed by atoms with van der Waals surface area (Å²) in [4.78, 5) is 16.5. The molecule has 2 aromatic heterocycles. The molecule has 2 heterocycles. The number of carbonyl (C=O) groups is 1. The van der Waals surface area contributed by atoms with Crippen LogP contribution in [0.15, 0.2) is 95.6 Å². The number of hydrogen-bond donors (Lipinski definition) is 0. The van der Waals surface area contributed by atoms with E-state index in [0.717, 1.165) is 16.8 Å². The van der Waals surface area contributed by atoms with Gasteiger partial charge in [0, 0.05) is 17.8 Å². The van der Waals surface area contributed by atoms with E-state index in [-0.39, 0.29) is 13.2 Å². The second-order valence-electron chi connectivity index (χ2n) is 9.21. The minimum atomic E-state index is -0.437. The van der Waals surface area contributed by atoms with Crippen molar-refractivity contribution in [2.45, 2.75) is 27.1 Å². The summed E-state index contributed by atoms with van der Waals surface area (Å²) in [6.45, 7) is 4.36. The van der Waals surface area contributed by atoms with Gasteiger partial charge in [-0.2, -0.15) is 0 Å². The highest BCUT2D eigenvalue weighted by Gasteiger charge is 2.15. The molecule has 0 aliphatic carbocycles. The van der Waals surface area contributed by atoms with Crippen molar-refractivity contribution in [3.63, 3.8) is 0 Å². The monoisotopic (exact) mass is 565 g/mol. The van der Waals surface area contributed by atoms with Gasteiger partial charge in [0.25, 0.3) is 0 Å². The first-order valence-electron chi connectivity index (χ1n) is 13.5. The number of esters is 1. The van der Waals surface area contributed by atoms with Crippen molar-refractivity contribution in [1.29, 1.82) is 0 Å². The zero-order valence-corrected chi connectivity index (χ0v) is 23.7. The van der Waals surface area contributed by atoms with Crippen LogP contribution in [-0.4, -0.2) is 34.5 Å². The molecule has 0 bridgehead atoms. The average Bonchev–Trinajstić information content (AvgIpc) is 3.62. The van der Waals surface area contributed by atoms with Gasteiger partial charge >= 0.3 is 5.97 Å². The maximum absolute atomic E-state index is 11.9. The first kappa shape index (κ1) is 28.2. The molecule has 0 radical (unpaired) electrons. The van der Waals surface area contributed by atoms with E-state index in [1.54, 1.807) is 31.0 Å². The van der Waals surface area contributed by atoms with Gasteiger partial charge in [-0.3, -0.25) is 0 Å².